The van der Waals surface area contributed by atoms with E-state index in [2.05, 4.69) is 27.5 Å². The highest BCUT2D eigenvalue weighted by Crippen LogP contribution is 2.25. The van der Waals surface area contributed by atoms with E-state index >= 15 is 0 Å². The van der Waals surface area contributed by atoms with Crippen molar-refractivity contribution in [3.63, 3.8) is 0 Å². The topological polar surface area (TPSA) is 120 Å². The number of hydrogen-bond donors (Lipinski definition) is 4. The third-order valence-electron chi connectivity index (χ3n) is 5.69. The maximum atomic E-state index is 13.3. The fraction of sp³-hybridized carbons (Fsp3) is 0.333. The molecule has 0 aliphatic rings. The number of amides is 3. The van der Waals surface area contributed by atoms with Gasteiger partial charge in [0, 0.05) is 36.9 Å². The first-order chi connectivity index (χ1) is 17.9. The van der Waals surface area contributed by atoms with Gasteiger partial charge in [0.25, 0.3) is 5.78 Å². The normalized spacial score (nSPS) is 13.7. The predicted molar refractivity (Wildman–Crippen MR) is 138 cm³/mol. The Kier molecular flexibility index (Phi) is 10.6. The Morgan fingerprint density at radius 1 is 1.13 bits per heavy atom. The zero-order valence-electron chi connectivity index (χ0n) is 21.4. The van der Waals surface area contributed by atoms with E-state index in [-0.39, 0.29) is 6.42 Å². The van der Waals surface area contributed by atoms with Crippen LogP contribution >= 0.6 is 0 Å². The highest BCUT2D eigenvalue weighted by atomic mass is 19.4. The van der Waals surface area contributed by atoms with Crippen LogP contribution in [0.25, 0.3) is 10.9 Å². The molecular formula is C27H31F3N4O4. The number of ketones is 1. The molecule has 3 amide bonds. The maximum Gasteiger partial charge on any atom is 0.452 e. The zero-order chi connectivity index (χ0) is 28.5. The van der Waals surface area contributed by atoms with Crippen molar-refractivity contribution in [2.24, 2.45) is 0 Å². The van der Waals surface area contributed by atoms with Crippen molar-refractivity contribution in [3.05, 3.63) is 72.0 Å². The van der Waals surface area contributed by atoms with Crippen LogP contribution < -0.4 is 16.0 Å². The molecule has 38 heavy (non-hydrogen) atoms. The summed E-state index contributed by atoms with van der Waals surface area (Å²) in [5, 5.41) is 7.51. The number of alkyl halides is 3. The van der Waals surface area contributed by atoms with E-state index in [1.54, 1.807) is 37.3 Å². The first-order valence-corrected chi connectivity index (χ1v) is 11.8. The van der Waals surface area contributed by atoms with Crippen molar-refractivity contribution in [2.45, 2.75) is 51.9 Å². The zero-order valence-corrected chi connectivity index (χ0v) is 21.4. The van der Waals surface area contributed by atoms with Crippen LogP contribution in [-0.2, 0) is 25.6 Å². The Labute approximate surface area is 218 Å². The molecule has 11 heteroatoms. The van der Waals surface area contributed by atoms with Gasteiger partial charge in [-0.1, -0.05) is 49.1 Å². The van der Waals surface area contributed by atoms with E-state index in [1.165, 1.54) is 19.2 Å². The molecule has 0 fully saturated rings. The van der Waals surface area contributed by atoms with Crippen LogP contribution in [0.5, 0.6) is 0 Å². The van der Waals surface area contributed by atoms with Crippen LogP contribution in [0.15, 0.2) is 60.9 Å². The van der Waals surface area contributed by atoms with Gasteiger partial charge in [-0.25, -0.2) is 0 Å². The molecule has 0 bridgehead atoms. The summed E-state index contributed by atoms with van der Waals surface area (Å²) in [5.41, 5.74) is 2.64. The molecule has 2 aromatic rings. The van der Waals surface area contributed by atoms with Gasteiger partial charge in [0.05, 0.1) is 6.54 Å². The summed E-state index contributed by atoms with van der Waals surface area (Å²) in [5.74, 6) is -4.32. The van der Waals surface area contributed by atoms with Crippen LogP contribution in [0.2, 0.25) is 0 Å². The van der Waals surface area contributed by atoms with Crippen LogP contribution in [-0.4, -0.2) is 53.3 Å². The fourth-order valence-corrected chi connectivity index (χ4v) is 3.83. The van der Waals surface area contributed by atoms with Gasteiger partial charge >= 0.3 is 6.18 Å². The number of aryl methyl sites for hydroxylation is 1. The van der Waals surface area contributed by atoms with Crippen molar-refractivity contribution < 1.29 is 32.3 Å². The minimum absolute atomic E-state index is 0.0655. The largest absolute Gasteiger partial charge is 0.452 e. The number of rotatable bonds is 12. The molecule has 204 valence electrons. The van der Waals surface area contributed by atoms with Crippen LogP contribution in [0.4, 0.5) is 13.2 Å². The second kappa shape index (κ2) is 13.4. The molecule has 0 saturated carbocycles. The Hall–Kier alpha value is -4.15. The average Bonchev–Trinajstić information content (AvgIpc) is 3.26. The van der Waals surface area contributed by atoms with Crippen molar-refractivity contribution in [1.82, 2.24) is 20.9 Å². The molecule has 2 rings (SSSR count). The highest BCUT2D eigenvalue weighted by Gasteiger charge is 2.44. The van der Waals surface area contributed by atoms with E-state index in [0.29, 0.717) is 22.0 Å². The summed E-state index contributed by atoms with van der Waals surface area (Å²) >= 11 is 0. The number of benzene rings is 1. The molecular weight excluding hydrogens is 501 g/mol. The number of halogens is 3. The number of carbonyl (C=O) groups is 4. The number of aromatic amines is 1. The first-order valence-electron chi connectivity index (χ1n) is 11.8. The minimum Gasteiger partial charge on any atom is -0.361 e. The number of nitrogens with one attached hydrogen (secondary N) is 4. The fourth-order valence-electron chi connectivity index (χ4n) is 3.83. The highest BCUT2D eigenvalue weighted by molar-refractivity contribution is 5.95. The van der Waals surface area contributed by atoms with Crippen LogP contribution in [0.3, 0.4) is 0 Å². The van der Waals surface area contributed by atoms with E-state index in [0.717, 1.165) is 5.56 Å². The molecule has 1 aromatic heterocycles. The van der Waals surface area contributed by atoms with E-state index in [9.17, 15) is 32.3 Å². The lowest BCUT2D eigenvalue weighted by atomic mass is 10.0. The van der Waals surface area contributed by atoms with E-state index in [1.807, 2.05) is 13.0 Å². The van der Waals surface area contributed by atoms with Crippen LogP contribution in [0, 0.1) is 6.92 Å². The van der Waals surface area contributed by atoms with Gasteiger partial charge in [-0.05, 0) is 30.5 Å². The van der Waals surface area contributed by atoms with Crippen molar-refractivity contribution in [2.75, 3.05) is 6.54 Å². The van der Waals surface area contributed by atoms with Crippen molar-refractivity contribution in [1.29, 1.82) is 0 Å². The molecule has 0 aliphatic carbocycles. The molecule has 1 aromatic carbocycles. The Morgan fingerprint density at radius 3 is 2.45 bits per heavy atom. The number of aromatic nitrogens is 1. The predicted octanol–water partition coefficient (Wildman–Crippen LogP) is 3.33. The summed E-state index contributed by atoms with van der Waals surface area (Å²) < 4.78 is 39.9. The van der Waals surface area contributed by atoms with Gasteiger partial charge in [-0.2, -0.15) is 13.2 Å². The maximum absolute atomic E-state index is 13.3. The summed E-state index contributed by atoms with van der Waals surface area (Å²) in [6.07, 6.45) is 2.66. The molecule has 0 aliphatic heterocycles. The standard InChI is InChI=1S/C27H31F3N4O4/c1-5-7-10-18(6-2)12-22(33-17(4)35)26(38)32-15-23(36)34-21(25(37)27(28,29)30)13-19-14-31-24-16(3)9-8-11-20(19)24/h5-11,14,21-22,31H,2,12-13,15H2,1,3-4H3,(H,32,38)(H,33,35)(H,34,36)/b7-5-,18-10+. The second-order valence-electron chi connectivity index (χ2n) is 8.64. The third kappa shape index (κ3) is 8.46. The quantitative estimate of drug-likeness (QED) is 0.314. The number of Topliss-reactive ketones (excluding diaryl/α,β-unsaturated/α-hetero) is 1. The lowest BCUT2D eigenvalue weighted by Crippen LogP contribution is -2.52. The van der Waals surface area contributed by atoms with E-state index < -0.39 is 54.7 Å². The molecule has 0 saturated heterocycles. The summed E-state index contributed by atoms with van der Waals surface area (Å²) in [4.78, 5) is 51.9. The molecule has 0 spiro atoms. The van der Waals surface area contributed by atoms with Crippen LogP contribution in [0.1, 0.15) is 31.4 Å². The third-order valence-corrected chi connectivity index (χ3v) is 5.69. The van der Waals surface area contributed by atoms with Gasteiger partial charge < -0.3 is 20.9 Å². The first kappa shape index (κ1) is 30.1. The number of carbonyl (C=O) groups excluding carboxylic acids is 4. The van der Waals surface area contributed by atoms with Gasteiger partial charge in [-0.15, -0.1) is 0 Å². The number of fused-ring (bicyclic) bond motifs is 1. The summed E-state index contributed by atoms with van der Waals surface area (Å²) in [6.45, 7) is 7.80. The number of allylic oxidation sites excluding steroid dienone is 4. The Bertz CT molecular complexity index is 1260. The molecule has 4 N–H and O–H groups in total. The number of hydrogen-bond acceptors (Lipinski definition) is 4. The van der Waals surface area contributed by atoms with Crippen molar-refractivity contribution in [3.8, 4) is 0 Å². The molecule has 1 heterocycles. The number of H-pyrrole nitrogens is 1. The van der Waals surface area contributed by atoms with Gasteiger partial charge in [0.1, 0.15) is 12.1 Å². The molecule has 2 unspecified atom stereocenters. The van der Waals surface area contributed by atoms with Crippen molar-refractivity contribution >= 4 is 34.4 Å². The Balaban J connectivity index is 2.15. The summed E-state index contributed by atoms with van der Waals surface area (Å²) in [7, 11) is 0. The lowest BCUT2D eigenvalue weighted by molar-refractivity contribution is -0.173. The SMILES string of the molecule is C=C/C(=C\C=C/C)CC(NC(C)=O)C(=O)NCC(=O)NC(Cc1c[nH]c2c(C)cccc12)C(=O)C(F)(F)F. The molecule has 2 atom stereocenters. The average molecular weight is 533 g/mol. The molecule has 8 nitrogen and oxygen atoms in total. The number of para-hydroxylation sites is 1. The lowest BCUT2D eigenvalue weighted by Gasteiger charge is -2.20. The Morgan fingerprint density at radius 2 is 1.84 bits per heavy atom. The van der Waals surface area contributed by atoms with Gasteiger partial charge in [-0.3, -0.25) is 19.2 Å². The van der Waals surface area contributed by atoms with Gasteiger partial charge in [0.2, 0.25) is 17.7 Å². The minimum atomic E-state index is -5.18. The summed E-state index contributed by atoms with van der Waals surface area (Å²) in [6, 6.07) is 2.31. The monoisotopic (exact) mass is 532 g/mol. The van der Waals surface area contributed by atoms with Gasteiger partial charge in [0.15, 0.2) is 0 Å². The second-order valence-corrected chi connectivity index (χ2v) is 8.64. The smallest absolute Gasteiger partial charge is 0.361 e. The van der Waals surface area contributed by atoms with E-state index in [4.69, 9.17) is 0 Å². The molecule has 0 radical (unpaired) electrons.